The van der Waals surface area contributed by atoms with E-state index in [4.69, 9.17) is 0 Å². The van der Waals surface area contributed by atoms with E-state index in [1.165, 1.54) is 13.0 Å². The molecule has 1 N–H and O–H groups in total. The molecule has 0 aliphatic carbocycles. The van der Waals surface area contributed by atoms with E-state index in [0.717, 1.165) is 6.07 Å². The van der Waals surface area contributed by atoms with Crippen molar-refractivity contribution in [1.29, 1.82) is 0 Å². The van der Waals surface area contributed by atoms with Gasteiger partial charge in [-0.05, 0) is 22.9 Å². The minimum absolute atomic E-state index is 0.0515. The molecule has 1 aromatic carbocycles. The van der Waals surface area contributed by atoms with Gasteiger partial charge in [0, 0.05) is 10.5 Å². The molecule has 1 rings (SSSR count). The van der Waals surface area contributed by atoms with Crippen LogP contribution in [0.15, 0.2) is 16.6 Å². The number of rotatable bonds is 2. The second-order valence-corrected chi connectivity index (χ2v) is 3.49. The highest BCUT2D eigenvalue weighted by atomic mass is 79.9. The van der Waals surface area contributed by atoms with Crippen molar-refractivity contribution in [2.75, 3.05) is 0 Å². The molecular formula is C8H6BrNO4. The number of hydrogen-bond donors (Lipinski definition) is 1. The van der Waals surface area contributed by atoms with Gasteiger partial charge >= 0.3 is 0 Å². The normalized spacial score (nSPS) is 9.86. The summed E-state index contributed by atoms with van der Waals surface area (Å²) >= 11 is 2.98. The fourth-order valence-electron chi connectivity index (χ4n) is 1.03. The van der Waals surface area contributed by atoms with Crippen LogP contribution in [0.1, 0.15) is 17.3 Å². The molecule has 0 heterocycles. The molecule has 0 radical (unpaired) electrons. The number of nitro benzene ring substituents is 1. The van der Waals surface area contributed by atoms with Crippen LogP contribution in [-0.2, 0) is 0 Å². The van der Waals surface area contributed by atoms with E-state index >= 15 is 0 Å². The molecule has 0 saturated carbocycles. The third-order valence-corrected chi connectivity index (χ3v) is 2.24. The van der Waals surface area contributed by atoms with E-state index in [0.29, 0.717) is 0 Å². The van der Waals surface area contributed by atoms with Crippen LogP contribution in [-0.4, -0.2) is 15.8 Å². The van der Waals surface area contributed by atoms with Crippen molar-refractivity contribution in [2.45, 2.75) is 6.92 Å². The molecule has 0 unspecified atom stereocenters. The van der Waals surface area contributed by atoms with Crippen molar-refractivity contribution in [1.82, 2.24) is 0 Å². The number of non-ortho nitro benzene ring substituents is 1. The first kappa shape index (κ1) is 10.6. The summed E-state index contributed by atoms with van der Waals surface area (Å²) in [5.74, 6) is -0.747. The van der Waals surface area contributed by atoms with Gasteiger partial charge < -0.3 is 5.11 Å². The van der Waals surface area contributed by atoms with Crippen LogP contribution < -0.4 is 0 Å². The van der Waals surface area contributed by atoms with Crippen LogP contribution in [0.3, 0.4) is 0 Å². The van der Waals surface area contributed by atoms with Gasteiger partial charge in [0.15, 0.2) is 5.78 Å². The molecule has 5 nitrogen and oxygen atoms in total. The number of carbonyl (C=O) groups excluding carboxylic acids is 1. The molecule has 14 heavy (non-hydrogen) atoms. The summed E-state index contributed by atoms with van der Waals surface area (Å²) in [6.07, 6.45) is 0. The number of phenolic OH excluding ortho intramolecular Hbond substituents is 1. The molecule has 0 atom stereocenters. The van der Waals surface area contributed by atoms with E-state index in [-0.39, 0.29) is 21.5 Å². The van der Waals surface area contributed by atoms with E-state index < -0.39 is 10.7 Å². The van der Waals surface area contributed by atoms with Crippen molar-refractivity contribution in [3.05, 3.63) is 32.3 Å². The van der Waals surface area contributed by atoms with Crippen LogP contribution in [0.25, 0.3) is 0 Å². The van der Waals surface area contributed by atoms with Crippen LogP contribution >= 0.6 is 15.9 Å². The summed E-state index contributed by atoms with van der Waals surface area (Å²) in [5.41, 5.74) is -0.213. The number of nitro groups is 1. The van der Waals surface area contributed by atoms with Crippen LogP contribution in [0.4, 0.5) is 5.69 Å². The molecule has 0 aliphatic rings. The number of nitrogens with zero attached hydrogens (tertiary/aromatic N) is 1. The number of halogens is 1. The van der Waals surface area contributed by atoms with Crippen molar-refractivity contribution >= 4 is 27.4 Å². The molecule has 0 bridgehead atoms. The van der Waals surface area contributed by atoms with Gasteiger partial charge in [0.05, 0.1) is 16.6 Å². The summed E-state index contributed by atoms with van der Waals surface area (Å²) in [5, 5.41) is 19.7. The highest BCUT2D eigenvalue weighted by molar-refractivity contribution is 9.10. The third-order valence-electron chi connectivity index (χ3n) is 1.62. The molecular weight excluding hydrogens is 254 g/mol. The summed E-state index contributed by atoms with van der Waals surface area (Å²) in [7, 11) is 0. The Morgan fingerprint density at radius 1 is 1.57 bits per heavy atom. The van der Waals surface area contributed by atoms with Crippen molar-refractivity contribution < 1.29 is 14.8 Å². The van der Waals surface area contributed by atoms with Gasteiger partial charge in [-0.1, -0.05) is 0 Å². The number of carbonyl (C=O) groups is 1. The Kier molecular flexibility index (Phi) is 2.85. The molecule has 0 aliphatic heterocycles. The van der Waals surface area contributed by atoms with Crippen LogP contribution in [0.5, 0.6) is 5.75 Å². The quantitative estimate of drug-likeness (QED) is 0.502. The van der Waals surface area contributed by atoms with Gasteiger partial charge in [-0.3, -0.25) is 14.9 Å². The number of ketones is 1. The van der Waals surface area contributed by atoms with E-state index in [2.05, 4.69) is 15.9 Å². The van der Waals surface area contributed by atoms with Crippen molar-refractivity contribution in [2.24, 2.45) is 0 Å². The summed E-state index contributed by atoms with van der Waals surface area (Å²) in [4.78, 5) is 20.7. The predicted molar refractivity (Wildman–Crippen MR) is 52.5 cm³/mol. The van der Waals surface area contributed by atoms with Crippen LogP contribution in [0, 0.1) is 10.1 Å². The Labute approximate surface area is 87.6 Å². The Morgan fingerprint density at radius 2 is 2.14 bits per heavy atom. The standard InChI is InChI=1S/C8H6BrNO4/c1-4(11)8-6(9)2-5(10(13)14)3-7(8)12/h2-3,12H,1H3. The smallest absolute Gasteiger partial charge is 0.274 e. The van der Waals surface area contributed by atoms with Crippen molar-refractivity contribution in [3.63, 3.8) is 0 Å². The number of aromatic hydroxyl groups is 1. The van der Waals surface area contributed by atoms with E-state index in [1.54, 1.807) is 0 Å². The zero-order chi connectivity index (χ0) is 10.9. The molecule has 0 aromatic heterocycles. The van der Waals surface area contributed by atoms with Gasteiger partial charge in [-0.25, -0.2) is 0 Å². The maximum Gasteiger partial charge on any atom is 0.274 e. The second-order valence-electron chi connectivity index (χ2n) is 2.64. The molecule has 0 fully saturated rings. The first-order chi connectivity index (χ1) is 6.43. The lowest BCUT2D eigenvalue weighted by Crippen LogP contribution is -1.96. The summed E-state index contributed by atoms with van der Waals surface area (Å²) in [6, 6.07) is 2.12. The Bertz CT molecular complexity index is 393. The van der Waals surface area contributed by atoms with Gasteiger partial charge in [-0.2, -0.15) is 0 Å². The lowest BCUT2D eigenvalue weighted by atomic mass is 10.1. The Balaban J connectivity index is 3.39. The zero-order valence-corrected chi connectivity index (χ0v) is 8.74. The fraction of sp³-hybridized carbons (Fsp3) is 0.125. The van der Waals surface area contributed by atoms with E-state index in [9.17, 15) is 20.0 Å². The largest absolute Gasteiger partial charge is 0.507 e. The predicted octanol–water partition coefficient (Wildman–Crippen LogP) is 2.27. The maximum atomic E-state index is 11.0. The fourth-order valence-corrected chi connectivity index (χ4v) is 1.75. The summed E-state index contributed by atoms with van der Waals surface area (Å²) in [6.45, 7) is 1.27. The average molecular weight is 260 g/mol. The Morgan fingerprint density at radius 3 is 2.50 bits per heavy atom. The van der Waals surface area contributed by atoms with Crippen LogP contribution in [0.2, 0.25) is 0 Å². The summed E-state index contributed by atoms with van der Waals surface area (Å²) < 4.78 is 0.219. The molecule has 0 spiro atoms. The third kappa shape index (κ3) is 1.90. The monoisotopic (exact) mass is 259 g/mol. The molecule has 1 aromatic rings. The lowest BCUT2D eigenvalue weighted by Gasteiger charge is -2.02. The number of phenols is 1. The molecule has 0 amide bonds. The number of hydrogen-bond acceptors (Lipinski definition) is 4. The highest BCUT2D eigenvalue weighted by Crippen LogP contribution is 2.31. The maximum absolute atomic E-state index is 11.0. The Hall–Kier alpha value is -1.43. The van der Waals surface area contributed by atoms with Gasteiger partial charge in [0.2, 0.25) is 0 Å². The average Bonchev–Trinajstić information content (AvgIpc) is 2.01. The van der Waals surface area contributed by atoms with Gasteiger partial charge in [0.1, 0.15) is 5.75 Å². The minimum Gasteiger partial charge on any atom is -0.507 e. The first-order valence-corrected chi connectivity index (χ1v) is 4.40. The lowest BCUT2D eigenvalue weighted by molar-refractivity contribution is -0.385. The zero-order valence-electron chi connectivity index (χ0n) is 7.15. The van der Waals surface area contributed by atoms with Gasteiger partial charge in [0.25, 0.3) is 5.69 Å². The van der Waals surface area contributed by atoms with E-state index in [1.807, 2.05) is 0 Å². The minimum atomic E-state index is -0.644. The number of benzene rings is 1. The molecule has 74 valence electrons. The SMILES string of the molecule is CC(=O)c1c(O)cc([N+](=O)[O-])cc1Br. The molecule has 0 saturated heterocycles. The molecule has 6 heteroatoms. The first-order valence-electron chi connectivity index (χ1n) is 3.61. The second kappa shape index (κ2) is 3.75. The van der Waals surface area contributed by atoms with Crippen molar-refractivity contribution in [3.8, 4) is 5.75 Å². The topological polar surface area (TPSA) is 80.4 Å². The van der Waals surface area contributed by atoms with Gasteiger partial charge in [-0.15, -0.1) is 0 Å². The number of Topliss-reactive ketones (excluding diaryl/α,β-unsaturated/α-hetero) is 1. The highest BCUT2D eigenvalue weighted by Gasteiger charge is 2.17.